The summed E-state index contributed by atoms with van der Waals surface area (Å²) in [7, 11) is 3.41. The molecule has 1 atom stereocenters. The molecule has 2 heterocycles. The lowest BCUT2D eigenvalue weighted by molar-refractivity contribution is 0.194. The number of hydrogen-bond acceptors (Lipinski definition) is 6. The SMILES string of the molecule is CCN(Cc1ccc(OCCN2C3CCC2CC3)cc1)c1cc(OC)c(OC)cc1C1CCc2cc(O)ccc2C1. The van der Waals surface area contributed by atoms with Gasteiger partial charge in [-0.1, -0.05) is 18.2 Å². The zero-order valence-electron chi connectivity index (χ0n) is 24.8. The molecule has 1 unspecified atom stereocenters. The maximum atomic E-state index is 9.96. The second kappa shape index (κ2) is 12.2. The Morgan fingerprint density at radius 1 is 0.854 bits per heavy atom. The van der Waals surface area contributed by atoms with Gasteiger partial charge < -0.3 is 24.2 Å². The van der Waals surface area contributed by atoms with Crippen molar-refractivity contribution in [1.29, 1.82) is 0 Å². The molecule has 41 heavy (non-hydrogen) atoms. The van der Waals surface area contributed by atoms with Crippen molar-refractivity contribution in [3.05, 3.63) is 76.9 Å². The monoisotopic (exact) mass is 556 g/mol. The molecule has 0 saturated carbocycles. The quantitative estimate of drug-likeness (QED) is 0.283. The molecule has 6 heteroatoms. The predicted molar refractivity (Wildman–Crippen MR) is 164 cm³/mol. The first-order valence-corrected chi connectivity index (χ1v) is 15.3. The van der Waals surface area contributed by atoms with Crippen LogP contribution in [0.2, 0.25) is 0 Å². The highest BCUT2D eigenvalue weighted by atomic mass is 16.5. The van der Waals surface area contributed by atoms with E-state index in [9.17, 15) is 5.11 Å². The first kappa shape index (κ1) is 27.8. The van der Waals surface area contributed by atoms with E-state index >= 15 is 0 Å². The van der Waals surface area contributed by atoms with Gasteiger partial charge in [0.25, 0.3) is 0 Å². The summed E-state index contributed by atoms with van der Waals surface area (Å²) in [6.07, 6.45) is 8.40. The van der Waals surface area contributed by atoms with E-state index in [1.165, 1.54) is 53.6 Å². The van der Waals surface area contributed by atoms with Crippen molar-refractivity contribution in [2.24, 2.45) is 0 Å². The third-order valence-corrected chi connectivity index (χ3v) is 9.63. The summed E-state index contributed by atoms with van der Waals surface area (Å²) in [4.78, 5) is 5.10. The summed E-state index contributed by atoms with van der Waals surface area (Å²) in [6.45, 7) is 5.67. The second-order valence-electron chi connectivity index (χ2n) is 11.9. The predicted octanol–water partition coefficient (Wildman–Crippen LogP) is 6.71. The Balaban J connectivity index is 1.17. The number of anilines is 1. The number of methoxy groups -OCH3 is 2. The van der Waals surface area contributed by atoms with E-state index in [0.717, 1.165) is 74.8 Å². The van der Waals surface area contributed by atoms with Gasteiger partial charge in [-0.25, -0.2) is 0 Å². The smallest absolute Gasteiger partial charge is 0.162 e. The van der Waals surface area contributed by atoms with Crippen LogP contribution >= 0.6 is 0 Å². The molecule has 2 aliphatic heterocycles. The molecule has 1 N–H and O–H groups in total. The molecule has 3 aromatic rings. The highest BCUT2D eigenvalue weighted by molar-refractivity contribution is 5.64. The van der Waals surface area contributed by atoms with E-state index in [4.69, 9.17) is 14.2 Å². The molecule has 1 aliphatic carbocycles. The Labute approximate surface area is 244 Å². The van der Waals surface area contributed by atoms with Crippen LogP contribution in [0.5, 0.6) is 23.0 Å². The van der Waals surface area contributed by atoms with Crippen molar-refractivity contribution >= 4 is 5.69 Å². The van der Waals surface area contributed by atoms with Crippen LogP contribution in [0.3, 0.4) is 0 Å². The van der Waals surface area contributed by atoms with Gasteiger partial charge in [-0.05, 0) is 110 Å². The van der Waals surface area contributed by atoms with Gasteiger partial charge in [-0.3, -0.25) is 4.90 Å². The second-order valence-corrected chi connectivity index (χ2v) is 11.9. The lowest BCUT2D eigenvalue weighted by Crippen LogP contribution is -2.32. The van der Waals surface area contributed by atoms with Crippen LogP contribution in [0.1, 0.15) is 67.2 Å². The lowest BCUT2D eigenvalue weighted by atomic mass is 9.79. The van der Waals surface area contributed by atoms with Gasteiger partial charge in [0.1, 0.15) is 18.1 Å². The van der Waals surface area contributed by atoms with E-state index in [2.05, 4.69) is 59.2 Å². The van der Waals surface area contributed by atoms with Crippen LogP contribution in [0.15, 0.2) is 54.6 Å². The summed E-state index contributed by atoms with van der Waals surface area (Å²) in [6, 6.07) is 20.3. The Morgan fingerprint density at radius 2 is 1.56 bits per heavy atom. The highest BCUT2D eigenvalue weighted by Gasteiger charge is 2.38. The molecule has 2 bridgehead atoms. The number of benzene rings is 3. The Bertz CT molecular complexity index is 1320. The minimum absolute atomic E-state index is 0.348. The summed E-state index contributed by atoms with van der Waals surface area (Å²) < 4.78 is 17.6. The van der Waals surface area contributed by atoms with E-state index < -0.39 is 0 Å². The van der Waals surface area contributed by atoms with Crippen LogP contribution in [0.4, 0.5) is 5.69 Å². The van der Waals surface area contributed by atoms with Gasteiger partial charge in [0, 0.05) is 43.5 Å². The minimum Gasteiger partial charge on any atom is -0.508 e. The first-order valence-electron chi connectivity index (χ1n) is 15.3. The third kappa shape index (κ3) is 5.85. The van der Waals surface area contributed by atoms with Crippen molar-refractivity contribution in [3.63, 3.8) is 0 Å². The zero-order chi connectivity index (χ0) is 28.3. The molecule has 0 amide bonds. The van der Waals surface area contributed by atoms with Crippen LogP contribution in [0.25, 0.3) is 0 Å². The number of ether oxygens (including phenoxy) is 3. The number of aryl methyl sites for hydroxylation is 1. The summed E-state index contributed by atoms with van der Waals surface area (Å²) in [5.74, 6) is 3.17. The highest BCUT2D eigenvalue weighted by Crippen LogP contribution is 2.44. The first-order chi connectivity index (χ1) is 20.1. The fourth-order valence-electron chi connectivity index (χ4n) is 7.42. The number of nitrogens with zero attached hydrogens (tertiary/aromatic N) is 2. The molecule has 2 saturated heterocycles. The van der Waals surface area contributed by atoms with Crippen LogP contribution in [-0.2, 0) is 19.4 Å². The largest absolute Gasteiger partial charge is 0.508 e. The van der Waals surface area contributed by atoms with Crippen molar-refractivity contribution in [1.82, 2.24) is 4.90 Å². The van der Waals surface area contributed by atoms with E-state index in [1.54, 1.807) is 20.3 Å². The molecule has 0 aromatic heterocycles. The molecule has 2 fully saturated rings. The van der Waals surface area contributed by atoms with Crippen molar-refractivity contribution in [2.75, 3.05) is 38.8 Å². The molecule has 218 valence electrons. The number of hydrogen-bond donors (Lipinski definition) is 1. The van der Waals surface area contributed by atoms with Gasteiger partial charge >= 0.3 is 0 Å². The maximum absolute atomic E-state index is 9.96. The maximum Gasteiger partial charge on any atom is 0.162 e. The Kier molecular flexibility index (Phi) is 8.29. The summed E-state index contributed by atoms with van der Waals surface area (Å²) >= 11 is 0. The number of aromatic hydroxyl groups is 1. The zero-order valence-corrected chi connectivity index (χ0v) is 24.8. The van der Waals surface area contributed by atoms with Gasteiger partial charge in [0.05, 0.1) is 14.2 Å². The number of phenols is 1. The number of phenolic OH excluding ortho intramolecular Hbond substituents is 1. The standard InChI is InChI=1S/C35H44N2O4/c1-4-36(23-24-5-15-31(16-6-24)41-18-17-37-28-10-11-29(37)13-12-28)33-22-35(40-3)34(39-2)21-32(33)27-8-7-26-20-30(38)14-9-25(26)19-27/h5-6,9,14-16,20-22,27-29,38H,4,7-8,10-13,17-19,23H2,1-3H3. The summed E-state index contributed by atoms with van der Waals surface area (Å²) in [5, 5.41) is 9.96. The average molecular weight is 557 g/mol. The minimum atomic E-state index is 0.348. The van der Waals surface area contributed by atoms with Gasteiger partial charge in [0.2, 0.25) is 0 Å². The molecule has 0 spiro atoms. The van der Waals surface area contributed by atoms with Crippen molar-refractivity contribution in [3.8, 4) is 23.0 Å². The molecule has 0 radical (unpaired) electrons. The van der Waals surface area contributed by atoms with Crippen molar-refractivity contribution in [2.45, 2.75) is 76.4 Å². The van der Waals surface area contributed by atoms with E-state index in [0.29, 0.717) is 11.7 Å². The van der Waals surface area contributed by atoms with E-state index in [1.807, 2.05) is 6.07 Å². The van der Waals surface area contributed by atoms with Gasteiger partial charge in [-0.15, -0.1) is 0 Å². The lowest BCUT2D eigenvalue weighted by Gasteiger charge is -2.32. The summed E-state index contributed by atoms with van der Waals surface area (Å²) in [5.41, 5.74) is 6.31. The molecular formula is C35H44N2O4. The molecule has 3 aromatic carbocycles. The van der Waals surface area contributed by atoms with E-state index in [-0.39, 0.29) is 0 Å². The van der Waals surface area contributed by atoms with Crippen LogP contribution in [0, 0.1) is 0 Å². The number of rotatable bonds is 11. The molecule has 6 rings (SSSR count). The van der Waals surface area contributed by atoms with Gasteiger partial charge in [-0.2, -0.15) is 0 Å². The fraction of sp³-hybridized carbons (Fsp3) is 0.486. The molecule has 6 nitrogen and oxygen atoms in total. The number of fused-ring (bicyclic) bond motifs is 3. The Hall–Kier alpha value is -3.38. The van der Waals surface area contributed by atoms with Crippen LogP contribution in [-0.4, -0.2) is 56.0 Å². The molecule has 3 aliphatic rings. The third-order valence-electron chi connectivity index (χ3n) is 9.63. The molecular weight excluding hydrogens is 512 g/mol. The van der Waals surface area contributed by atoms with Gasteiger partial charge in [0.15, 0.2) is 11.5 Å². The fourth-order valence-corrected chi connectivity index (χ4v) is 7.42. The van der Waals surface area contributed by atoms with Crippen LogP contribution < -0.4 is 19.1 Å². The van der Waals surface area contributed by atoms with Crippen molar-refractivity contribution < 1.29 is 19.3 Å². The Morgan fingerprint density at radius 3 is 2.24 bits per heavy atom. The topological polar surface area (TPSA) is 54.4 Å². The average Bonchev–Trinajstić information content (AvgIpc) is 3.59. The normalized spacial score (nSPS) is 21.5.